The van der Waals surface area contributed by atoms with Crippen molar-refractivity contribution < 1.29 is 9.59 Å². The fraction of sp³-hybridized carbons (Fsp3) is 0.440. The number of amides is 3. The first kappa shape index (κ1) is 22.7. The lowest BCUT2D eigenvalue weighted by Crippen LogP contribution is -2.35. The highest BCUT2D eigenvalue weighted by Crippen LogP contribution is 2.28. The van der Waals surface area contributed by atoms with Crippen molar-refractivity contribution >= 4 is 29.0 Å². The second-order valence-electron chi connectivity index (χ2n) is 8.46. The molecule has 6 nitrogen and oxygen atoms in total. The molecule has 0 aliphatic carbocycles. The van der Waals surface area contributed by atoms with Crippen LogP contribution in [0, 0.1) is 13.8 Å². The number of benzene rings is 2. The van der Waals surface area contributed by atoms with Crippen molar-refractivity contribution in [2.45, 2.75) is 59.4 Å². The van der Waals surface area contributed by atoms with Gasteiger partial charge >= 0.3 is 6.03 Å². The van der Waals surface area contributed by atoms with Gasteiger partial charge in [-0.1, -0.05) is 24.6 Å². The van der Waals surface area contributed by atoms with E-state index in [1.807, 2.05) is 58.0 Å². The predicted molar refractivity (Wildman–Crippen MR) is 128 cm³/mol. The standard InChI is InChI=1S/C25H34N4O2/c1-5-19(4)26-24(30)21-16-20(10-12-23(21)29-13-7-6-8-14-29)27-25(31)28-22-11-9-17(2)15-18(22)3/h9-12,15-16,19H,5-8,13-14H2,1-4H3,(H,26,30)(H2,27,28,31)/t19-/m1/s1. The number of nitrogens with zero attached hydrogens (tertiary/aromatic N) is 1. The second kappa shape index (κ2) is 10.3. The molecular formula is C25H34N4O2. The molecular weight excluding hydrogens is 388 g/mol. The number of nitrogens with one attached hydrogen (secondary N) is 3. The summed E-state index contributed by atoms with van der Waals surface area (Å²) in [6.07, 6.45) is 4.35. The van der Waals surface area contributed by atoms with Crippen LogP contribution in [0.5, 0.6) is 0 Å². The summed E-state index contributed by atoms with van der Waals surface area (Å²) in [4.78, 5) is 27.9. The Morgan fingerprint density at radius 2 is 1.74 bits per heavy atom. The Morgan fingerprint density at radius 3 is 2.42 bits per heavy atom. The van der Waals surface area contributed by atoms with Crippen molar-refractivity contribution in [3.05, 3.63) is 53.1 Å². The van der Waals surface area contributed by atoms with Gasteiger partial charge < -0.3 is 20.9 Å². The molecule has 0 bridgehead atoms. The SMILES string of the molecule is CC[C@@H](C)NC(=O)c1cc(NC(=O)Nc2ccc(C)cc2C)ccc1N1CCCCC1. The van der Waals surface area contributed by atoms with Crippen LogP contribution < -0.4 is 20.9 Å². The number of carbonyl (C=O) groups excluding carboxylic acids is 2. The molecule has 0 radical (unpaired) electrons. The average molecular weight is 423 g/mol. The first-order valence-corrected chi connectivity index (χ1v) is 11.2. The number of hydrogen-bond acceptors (Lipinski definition) is 3. The number of anilines is 3. The van der Waals surface area contributed by atoms with Crippen molar-refractivity contribution in [1.82, 2.24) is 5.32 Å². The normalized spacial score (nSPS) is 14.6. The van der Waals surface area contributed by atoms with E-state index < -0.39 is 0 Å². The van der Waals surface area contributed by atoms with Gasteiger partial charge in [-0.3, -0.25) is 4.79 Å². The highest BCUT2D eigenvalue weighted by Gasteiger charge is 2.20. The van der Waals surface area contributed by atoms with Crippen molar-refractivity contribution in [3.8, 4) is 0 Å². The average Bonchev–Trinajstić information content (AvgIpc) is 2.76. The molecule has 0 unspecified atom stereocenters. The van der Waals surface area contributed by atoms with E-state index in [0.717, 1.165) is 54.9 Å². The van der Waals surface area contributed by atoms with E-state index in [9.17, 15) is 9.59 Å². The molecule has 3 amide bonds. The minimum absolute atomic E-state index is 0.0890. The molecule has 6 heteroatoms. The molecule has 1 fully saturated rings. The van der Waals surface area contributed by atoms with Crippen molar-refractivity contribution in [2.24, 2.45) is 0 Å². The largest absolute Gasteiger partial charge is 0.371 e. The molecule has 2 aromatic rings. The van der Waals surface area contributed by atoms with Crippen LogP contribution in [0.2, 0.25) is 0 Å². The zero-order chi connectivity index (χ0) is 22.4. The number of urea groups is 1. The van der Waals surface area contributed by atoms with Crippen LogP contribution in [0.25, 0.3) is 0 Å². The van der Waals surface area contributed by atoms with Gasteiger partial charge in [0, 0.05) is 36.2 Å². The fourth-order valence-electron chi connectivity index (χ4n) is 3.85. The van der Waals surface area contributed by atoms with E-state index in [1.54, 1.807) is 6.07 Å². The molecule has 1 aliphatic rings. The second-order valence-corrected chi connectivity index (χ2v) is 8.46. The lowest BCUT2D eigenvalue weighted by molar-refractivity contribution is 0.0939. The summed E-state index contributed by atoms with van der Waals surface area (Å²) in [6, 6.07) is 11.2. The number of piperidine rings is 1. The third kappa shape index (κ3) is 6.00. The summed E-state index contributed by atoms with van der Waals surface area (Å²) in [5.41, 5.74) is 5.05. The minimum atomic E-state index is -0.328. The Kier molecular flexibility index (Phi) is 7.55. The summed E-state index contributed by atoms with van der Waals surface area (Å²) in [7, 11) is 0. The van der Waals surface area contributed by atoms with Gasteiger partial charge in [0.25, 0.3) is 5.91 Å². The molecule has 3 rings (SSSR count). The monoisotopic (exact) mass is 422 g/mol. The molecule has 0 saturated carbocycles. The molecule has 2 aromatic carbocycles. The molecule has 0 spiro atoms. The lowest BCUT2D eigenvalue weighted by Gasteiger charge is -2.31. The van der Waals surface area contributed by atoms with Crippen molar-refractivity contribution in [2.75, 3.05) is 28.6 Å². The number of aryl methyl sites for hydroxylation is 2. The van der Waals surface area contributed by atoms with Crippen LogP contribution in [-0.2, 0) is 0 Å². The summed E-state index contributed by atoms with van der Waals surface area (Å²) in [6.45, 7) is 9.93. The Morgan fingerprint density at radius 1 is 1.00 bits per heavy atom. The number of rotatable bonds is 6. The van der Waals surface area contributed by atoms with Crippen LogP contribution in [-0.4, -0.2) is 31.1 Å². The summed E-state index contributed by atoms with van der Waals surface area (Å²) in [5, 5.41) is 8.83. The maximum Gasteiger partial charge on any atom is 0.323 e. The Balaban J connectivity index is 1.80. The minimum Gasteiger partial charge on any atom is -0.371 e. The zero-order valence-electron chi connectivity index (χ0n) is 19.0. The van der Waals surface area contributed by atoms with Crippen LogP contribution in [0.4, 0.5) is 21.9 Å². The molecule has 1 aliphatic heterocycles. The van der Waals surface area contributed by atoms with E-state index in [4.69, 9.17) is 0 Å². The van der Waals surface area contributed by atoms with Gasteiger partial charge in [0.15, 0.2) is 0 Å². The first-order chi connectivity index (χ1) is 14.9. The van der Waals surface area contributed by atoms with E-state index in [2.05, 4.69) is 20.9 Å². The van der Waals surface area contributed by atoms with Crippen molar-refractivity contribution in [3.63, 3.8) is 0 Å². The van der Waals surface area contributed by atoms with Crippen molar-refractivity contribution in [1.29, 1.82) is 0 Å². The summed E-state index contributed by atoms with van der Waals surface area (Å²) < 4.78 is 0. The molecule has 1 heterocycles. The Bertz CT molecular complexity index is 935. The van der Waals surface area contributed by atoms with E-state index in [1.165, 1.54) is 6.42 Å². The van der Waals surface area contributed by atoms with E-state index in [0.29, 0.717) is 11.3 Å². The third-order valence-corrected chi connectivity index (χ3v) is 5.82. The van der Waals surface area contributed by atoms with Crippen LogP contribution in [0.15, 0.2) is 36.4 Å². The Hall–Kier alpha value is -3.02. The quantitative estimate of drug-likeness (QED) is 0.578. The van der Waals surface area contributed by atoms with Crippen LogP contribution in [0.1, 0.15) is 61.0 Å². The van der Waals surface area contributed by atoms with Gasteiger partial charge in [-0.25, -0.2) is 4.79 Å². The maximum atomic E-state index is 13.0. The maximum absolute atomic E-state index is 13.0. The smallest absolute Gasteiger partial charge is 0.323 e. The Labute approximate surface area is 185 Å². The van der Waals surface area contributed by atoms with Gasteiger partial charge in [0.05, 0.1) is 5.56 Å². The van der Waals surface area contributed by atoms with Crippen LogP contribution in [0.3, 0.4) is 0 Å². The fourth-order valence-corrected chi connectivity index (χ4v) is 3.85. The first-order valence-electron chi connectivity index (χ1n) is 11.2. The molecule has 1 saturated heterocycles. The van der Waals surface area contributed by atoms with Gasteiger partial charge in [0.2, 0.25) is 0 Å². The van der Waals surface area contributed by atoms with Crippen LogP contribution >= 0.6 is 0 Å². The number of carbonyl (C=O) groups is 2. The van der Waals surface area contributed by atoms with Gasteiger partial charge in [0.1, 0.15) is 0 Å². The zero-order valence-corrected chi connectivity index (χ0v) is 19.0. The lowest BCUT2D eigenvalue weighted by atomic mass is 10.1. The van der Waals surface area contributed by atoms with Gasteiger partial charge in [-0.2, -0.15) is 0 Å². The third-order valence-electron chi connectivity index (χ3n) is 5.82. The molecule has 3 N–H and O–H groups in total. The predicted octanol–water partition coefficient (Wildman–Crippen LogP) is 5.47. The topological polar surface area (TPSA) is 73.5 Å². The van der Waals surface area contributed by atoms with E-state index in [-0.39, 0.29) is 18.0 Å². The highest BCUT2D eigenvalue weighted by molar-refractivity contribution is 6.04. The summed E-state index contributed by atoms with van der Waals surface area (Å²) >= 11 is 0. The molecule has 1 atom stereocenters. The molecule has 166 valence electrons. The van der Waals surface area contributed by atoms with Gasteiger partial charge in [-0.05, 0) is 76.3 Å². The molecule has 31 heavy (non-hydrogen) atoms. The highest BCUT2D eigenvalue weighted by atomic mass is 16.2. The number of hydrogen-bond donors (Lipinski definition) is 3. The van der Waals surface area contributed by atoms with Gasteiger partial charge in [-0.15, -0.1) is 0 Å². The van der Waals surface area contributed by atoms with E-state index >= 15 is 0 Å². The summed E-state index contributed by atoms with van der Waals surface area (Å²) in [5.74, 6) is -0.103. The molecule has 0 aromatic heterocycles.